The summed E-state index contributed by atoms with van der Waals surface area (Å²) >= 11 is 6.13. The molecule has 1 atom stereocenters. The molecule has 4 heteroatoms. The molecule has 0 saturated carbocycles. The summed E-state index contributed by atoms with van der Waals surface area (Å²) in [5.41, 5.74) is 2.55. The number of rotatable bonds is 7. The fourth-order valence-electron chi connectivity index (χ4n) is 4.28. The maximum absolute atomic E-state index is 6.13. The van der Waals surface area contributed by atoms with Crippen LogP contribution in [0.1, 0.15) is 44.2 Å². The monoisotopic (exact) mass is 387 g/mol. The van der Waals surface area contributed by atoms with Crippen LogP contribution in [0.3, 0.4) is 0 Å². The maximum Gasteiger partial charge on any atom is 0.123 e. The molecule has 1 saturated heterocycles. The molecule has 0 radical (unpaired) electrons. The van der Waals surface area contributed by atoms with E-state index in [-0.39, 0.29) is 11.0 Å². The highest BCUT2D eigenvalue weighted by molar-refractivity contribution is 6.30. The van der Waals surface area contributed by atoms with Gasteiger partial charge in [0.2, 0.25) is 0 Å². The number of para-hydroxylation sites is 1. The molecule has 1 fully saturated rings. The molecule has 2 aromatic rings. The van der Waals surface area contributed by atoms with Crippen LogP contribution in [0.25, 0.3) is 0 Å². The zero-order chi connectivity index (χ0) is 19.3. The van der Waals surface area contributed by atoms with Crippen LogP contribution >= 0.6 is 11.6 Å². The summed E-state index contributed by atoms with van der Waals surface area (Å²) in [5, 5.41) is 4.40. The van der Waals surface area contributed by atoms with Crippen LogP contribution in [0.4, 0.5) is 0 Å². The van der Waals surface area contributed by atoms with Crippen molar-refractivity contribution in [2.75, 3.05) is 20.3 Å². The van der Waals surface area contributed by atoms with E-state index in [9.17, 15) is 0 Å². The minimum atomic E-state index is -0.111. The minimum Gasteiger partial charge on any atom is -0.496 e. The Balaban J connectivity index is 1.70. The topological polar surface area (TPSA) is 30.5 Å². The fraction of sp³-hybridized carbons (Fsp3) is 0.478. The maximum atomic E-state index is 6.13. The van der Waals surface area contributed by atoms with Crippen molar-refractivity contribution in [1.82, 2.24) is 5.32 Å². The Morgan fingerprint density at radius 3 is 2.56 bits per heavy atom. The first-order chi connectivity index (χ1) is 12.9. The number of nitrogens with one attached hydrogen (secondary N) is 1. The predicted octanol–water partition coefficient (Wildman–Crippen LogP) is 5.36. The van der Waals surface area contributed by atoms with Gasteiger partial charge < -0.3 is 14.8 Å². The Hall–Kier alpha value is -1.55. The normalized spacial score (nSPS) is 21.8. The first-order valence-electron chi connectivity index (χ1n) is 9.67. The van der Waals surface area contributed by atoms with Gasteiger partial charge in [0.15, 0.2) is 0 Å². The summed E-state index contributed by atoms with van der Waals surface area (Å²) in [6.45, 7) is 6.93. The molecule has 146 valence electrons. The third-order valence-electron chi connectivity index (χ3n) is 5.58. The van der Waals surface area contributed by atoms with Crippen LogP contribution in [0, 0.1) is 0 Å². The third kappa shape index (κ3) is 5.04. The second-order valence-electron chi connectivity index (χ2n) is 8.06. The fourth-order valence-corrected chi connectivity index (χ4v) is 4.41. The van der Waals surface area contributed by atoms with E-state index in [1.807, 2.05) is 24.3 Å². The Morgan fingerprint density at radius 1 is 1.11 bits per heavy atom. The quantitative estimate of drug-likeness (QED) is 0.649. The molecule has 0 spiro atoms. The Kier molecular flexibility index (Phi) is 6.46. The van der Waals surface area contributed by atoms with E-state index in [0.717, 1.165) is 49.7 Å². The van der Waals surface area contributed by atoms with E-state index >= 15 is 0 Å². The van der Waals surface area contributed by atoms with E-state index in [1.54, 1.807) is 7.11 Å². The van der Waals surface area contributed by atoms with Gasteiger partial charge in [0.1, 0.15) is 5.75 Å². The van der Waals surface area contributed by atoms with Crippen LogP contribution in [-0.2, 0) is 16.7 Å². The van der Waals surface area contributed by atoms with Crippen LogP contribution in [0.15, 0.2) is 48.5 Å². The van der Waals surface area contributed by atoms with E-state index in [1.165, 1.54) is 11.1 Å². The number of benzene rings is 2. The molecule has 1 unspecified atom stereocenters. The van der Waals surface area contributed by atoms with Gasteiger partial charge in [-0.1, -0.05) is 41.9 Å². The SMILES string of the molecule is COc1ccccc1CNCCC1(c2ccc(Cl)cc2)CCOC(C)(C)C1. The van der Waals surface area contributed by atoms with Crippen molar-refractivity contribution in [3.63, 3.8) is 0 Å². The molecule has 3 rings (SSSR count). The second kappa shape index (κ2) is 8.64. The van der Waals surface area contributed by atoms with Gasteiger partial charge in [-0.3, -0.25) is 0 Å². The van der Waals surface area contributed by atoms with Gasteiger partial charge in [-0.05, 0) is 63.4 Å². The van der Waals surface area contributed by atoms with Gasteiger partial charge in [-0.2, -0.15) is 0 Å². The smallest absolute Gasteiger partial charge is 0.123 e. The molecule has 0 bridgehead atoms. The summed E-state index contributed by atoms with van der Waals surface area (Å²) in [6, 6.07) is 16.5. The highest BCUT2D eigenvalue weighted by atomic mass is 35.5. The molecule has 3 nitrogen and oxygen atoms in total. The van der Waals surface area contributed by atoms with Gasteiger partial charge in [0, 0.05) is 29.2 Å². The summed E-state index contributed by atoms with van der Waals surface area (Å²) in [6.07, 6.45) is 3.11. The first kappa shape index (κ1) is 20.2. The highest BCUT2D eigenvalue weighted by Crippen LogP contribution is 2.44. The average molecular weight is 388 g/mol. The molecule has 2 aromatic carbocycles. The van der Waals surface area contributed by atoms with Gasteiger partial charge in [0.05, 0.1) is 12.7 Å². The van der Waals surface area contributed by atoms with Gasteiger partial charge in [-0.25, -0.2) is 0 Å². The van der Waals surface area contributed by atoms with Crippen molar-refractivity contribution in [2.24, 2.45) is 0 Å². The van der Waals surface area contributed by atoms with Crippen LogP contribution in [0.2, 0.25) is 5.02 Å². The van der Waals surface area contributed by atoms with Crippen molar-refractivity contribution >= 4 is 11.6 Å². The Labute approximate surface area is 168 Å². The van der Waals surface area contributed by atoms with Gasteiger partial charge >= 0.3 is 0 Å². The summed E-state index contributed by atoms with van der Waals surface area (Å²) in [7, 11) is 1.72. The molecule has 1 heterocycles. The standard InChI is InChI=1S/C23H30ClNO2/c1-22(2)17-23(13-15-27-22,19-8-10-20(24)11-9-19)12-14-25-16-18-6-4-5-7-21(18)26-3/h4-11,25H,12-17H2,1-3H3. The number of ether oxygens (including phenoxy) is 2. The number of methoxy groups -OCH3 is 1. The van der Waals surface area contributed by atoms with Gasteiger partial charge in [-0.15, -0.1) is 0 Å². The molecular weight excluding hydrogens is 358 g/mol. The van der Waals surface area contributed by atoms with Crippen molar-refractivity contribution in [3.05, 3.63) is 64.7 Å². The van der Waals surface area contributed by atoms with E-state index in [0.29, 0.717) is 0 Å². The lowest BCUT2D eigenvalue weighted by atomic mass is 9.67. The Morgan fingerprint density at radius 2 is 1.85 bits per heavy atom. The molecular formula is C23H30ClNO2. The lowest BCUT2D eigenvalue weighted by molar-refractivity contribution is -0.0840. The van der Waals surface area contributed by atoms with E-state index in [2.05, 4.69) is 43.4 Å². The van der Waals surface area contributed by atoms with E-state index in [4.69, 9.17) is 21.1 Å². The lowest BCUT2D eigenvalue weighted by Crippen LogP contribution is -2.45. The number of hydrogen-bond donors (Lipinski definition) is 1. The zero-order valence-corrected chi connectivity index (χ0v) is 17.3. The molecule has 0 aromatic heterocycles. The van der Waals surface area contributed by atoms with Crippen LogP contribution in [0.5, 0.6) is 5.75 Å². The molecule has 1 N–H and O–H groups in total. The predicted molar refractivity (Wildman–Crippen MR) is 112 cm³/mol. The second-order valence-corrected chi connectivity index (χ2v) is 8.50. The van der Waals surface area contributed by atoms with Gasteiger partial charge in [0.25, 0.3) is 0 Å². The minimum absolute atomic E-state index is 0.111. The summed E-state index contributed by atoms with van der Waals surface area (Å²) in [5.74, 6) is 0.935. The van der Waals surface area contributed by atoms with Crippen molar-refractivity contribution in [2.45, 2.75) is 50.7 Å². The van der Waals surface area contributed by atoms with Crippen molar-refractivity contribution in [1.29, 1.82) is 0 Å². The van der Waals surface area contributed by atoms with Crippen molar-refractivity contribution < 1.29 is 9.47 Å². The largest absolute Gasteiger partial charge is 0.496 e. The third-order valence-corrected chi connectivity index (χ3v) is 5.83. The average Bonchev–Trinajstić information content (AvgIpc) is 2.65. The lowest BCUT2D eigenvalue weighted by Gasteiger charge is -2.45. The zero-order valence-electron chi connectivity index (χ0n) is 16.6. The van der Waals surface area contributed by atoms with Crippen LogP contribution in [-0.4, -0.2) is 25.9 Å². The number of hydrogen-bond acceptors (Lipinski definition) is 3. The number of halogens is 1. The molecule has 1 aliphatic rings. The molecule has 27 heavy (non-hydrogen) atoms. The molecule has 0 aliphatic carbocycles. The van der Waals surface area contributed by atoms with Crippen molar-refractivity contribution in [3.8, 4) is 5.75 Å². The summed E-state index contributed by atoms with van der Waals surface area (Å²) < 4.78 is 11.5. The first-order valence-corrected chi connectivity index (χ1v) is 10.0. The highest BCUT2D eigenvalue weighted by Gasteiger charge is 2.41. The molecule has 0 amide bonds. The van der Waals surface area contributed by atoms with Crippen LogP contribution < -0.4 is 10.1 Å². The Bertz CT molecular complexity index is 744. The summed E-state index contributed by atoms with van der Waals surface area (Å²) in [4.78, 5) is 0. The van der Waals surface area contributed by atoms with E-state index < -0.39 is 0 Å². The molecule has 1 aliphatic heterocycles.